The molecular weight excluding hydrogens is 408 g/mol. The number of hydrogen-bond acceptors (Lipinski definition) is 5. The van der Waals surface area contributed by atoms with E-state index in [0.717, 1.165) is 46.3 Å². The molecule has 1 aliphatic rings. The van der Waals surface area contributed by atoms with E-state index in [2.05, 4.69) is 18.8 Å². The van der Waals surface area contributed by atoms with Crippen LogP contribution >= 0.6 is 11.3 Å². The minimum Gasteiger partial charge on any atom is -0.494 e. The predicted molar refractivity (Wildman–Crippen MR) is 125 cm³/mol. The van der Waals surface area contributed by atoms with Crippen molar-refractivity contribution < 1.29 is 14.3 Å². The van der Waals surface area contributed by atoms with Crippen LogP contribution in [0.3, 0.4) is 0 Å². The van der Waals surface area contributed by atoms with Gasteiger partial charge in [-0.25, -0.2) is 4.98 Å². The molecule has 0 radical (unpaired) electrons. The number of carbonyl (C=O) groups excluding carboxylic acids is 1. The summed E-state index contributed by atoms with van der Waals surface area (Å²) in [5, 5.41) is 1.04. The molecule has 2 aromatic carbocycles. The summed E-state index contributed by atoms with van der Waals surface area (Å²) >= 11 is 1.68. The zero-order chi connectivity index (χ0) is 22.0. The lowest BCUT2D eigenvalue weighted by atomic mass is 10.1. The van der Waals surface area contributed by atoms with Crippen molar-refractivity contribution >= 4 is 22.9 Å². The lowest BCUT2D eigenvalue weighted by molar-refractivity contribution is -0.125. The summed E-state index contributed by atoms with van der Waals surface area (Å²) in [6.45, 7) is 9.22. The third-order valence-corrected chi connectivity index (χ3v) is 6.30. The lowest BCUT2D eigenvalue weighted by Gasteiger charge is -2.33. The van der Waals surface area contributed by atoms with Gasteiger partial charge in [0.1, 0.15) is 11.5 Å². The number of amides is 1. The number of ether oxygens (including phenoxy) is 2. The lowest BCUT2D eigenvalue weighted by Crippen LogP contribution is -2.45. The van der Waals surface area contributed by atoms with Gasteiger partial charge in [0, 0.05) is 17.0 Å². The summed E-state index contributed by atoms with van der Waals surface area (Å²) in [5.74, 6) is 1.62. The van der Waals surface area contributed by atoms with Crippen LogP contribution in [-0.4, -0.2) is 30.1 Å². The van der Waals surface area contributed by atoms with Crippen LogP contribution in [0.25, 0.3) is 11.3 Å². The van der Waals surface area contributed by atoms with Crippen molar-refractivity contribution in [1.29, 1.82) is 0 Å². The number of carbonyl (C=O) groups is 1. The molecule has 2 heterocycles. The normalized spacial score (nSPS) is 15.5. The Morgan fingerprint density at radius 1 is 1.10 bits per heavy atom. The maximum Gasteiger partial charge on any atom is 0.267 e. The van der Waals surface area contributed by atoms with E-state index in [4.69, 9.17) is 9.47 Å². The molecule has 31 heavy (non-hydrogen) atoms. The Morgan fingerprint density at radius 2 is 1.87 bits per heavy atom. The second-order valence-electron chi connectivity index (χ2n) is 7.94. The Morgan fingerprint density at radius 3 is 2.58 bits per heavy atom. The number of anilines is 1. The van der Waals surface area contributed by atoms with Crippen molar-refractivity contribution in [2.45, 2.75) is 46.6 Å². The number of aryl methyl sites for hydroxylation is 3. The summed E-state index contributed by atoms with van der Waals surface area (Å²) in [4.78, 5) is 20.6. The van der Waals surface area contributed by atoms with Crippen molar-refractivity contribution in [3.8, 4) is 22.8 Å². The predicted octanol–water partition coefficient (Wildman–Crippen LogP) is 5.71. The zero-order valence-corrected chi connectivity index (χ0v) is 19.3. The largest absolute Gasteiger partial charge is 0.494 e. The molecular formula is C25H28N2O3S. The third-order valence-electron chi connectivity index (χ3n) is 5.41. The number of fused-ring (bicyclic) bond motifs is 1. The fourth-order valence-corrected chi connectivity index (χ4v) is 4.62. The van der Waals surface area contributed by atoms with Gasteiger partial charge in [-0.2, -0.15) is 0 Å². The van der Waals surface area contributed by atoms with Crippen molar-refractivity contribution in [2.24, 2.45) is 0 Å². The van der Waals surface area contributed by atoms with Crippen LogP contribution < -0.4 is 14.4 Å². The molecule has 0 saturated carbocycles. The van der Waals surface area contributed by atoms with Gasteiger partial charge in [-0.15, -0.1) is 11.3 Å². The first-order valence-electron chi connectivity index (χ1n) is 10.7. The Balaban J connectivity index is 1.44. The van der Waals surface area contributed by atoms with Crippen molar-refractivity contribution in [3.05, 3.63) is 57.9 Å². The summed E-state index contributed by atoms with van der Waals surface area (Å²) in [6, 6.07) is 14.1. The molecule has 1 atom stereocenters. The molecule has 0 N–H and O–H groups in total. The number of aromatic nitrogens is 1. The second-order valence-corrected chi connectivity index (χ2v) is 9.35. The average Bonchev–Trinajstić information content (AvgIpc) is 3.09. The first kappa shape index (κ1) is 21.4. The van der Waals surface area contributed by atoms with Gasteiger partial charge >= 0.3 is 0 Å². The highest BCUT2D eigenvalue weighted by atomic mass is 32.1. The first-order valence-corrected chi connectivity index (χ1v) is 11.5. The molecule has 5 nitrogen and oxygen atoms in total. The third kappa shape index (κ3) is 4.74. The van der Waals surface area contributed by atoms with Gasteiger partial charge in [-0.1, -0.05) is 17.7 Å². The maximum atomic E-state index is 12.9. The average molecular weight is 437 g/mol. The number of benzene rings is 2. The molecule has 1 aromatic heterocycles. The molecule has 0 aliphatic carbocycles. The summed E-state index contributed by atoms with van der Waals surface area (Å²) < 4.78 is 11.7. The van der Waals surface area contributed by atoms with Gasteiger partial charge in [-0.05, 0) is 70.9 Å². The van der Waals surface area contributed by atoms with Gasteiger partial charge < -0.3 is 14.4 Å². The SMILES string of the molecule is Cc1ccc(OCCCCN2C(=O)C(C)Oc3ccc(-c4nc(C)sc4C)cc32)cc1. The van der Waals surface area contributed by atoms with Gasteiger partial charge in [0.05, 0.1) is 23.0 Å². The molecule has 6 heteroatoms. The van der Waals surface area contributed by atoms with Crippen LogP contribution in [0.2, 0.25) is 0 Å². The topological polar surface area (TPSA) is 51.7 Å². The highest BCUT2D eigenvalue weighted by molar-refractivity contribution is 7.11. The van der Waals surface area contributed by atoms with Crippen LogP contribution in [0.15, 0.2) is 42.5 Å². The Kier molecular flexibility index (Phi) is 6.28. The summed E-state index contributed by atoms with van der Waals surface area (Å²) in [5.41, 5.74) is 4.03. The van der Waals surface area contributed by atoms with Crippen LogP contribution in [0.1, 0.15) is 35.2 Å². The smallest absolute Gasteiger partial charge is 0.267 e. The molecule has 4 rings (SSSR count). The summed E-state index contributed by atoms with van der Waals surface area (Å²) in [6.07, 6.45) is 1.24. The molecule has 1 amide bonds. The molecule has 1 unspecified atom stereocenters. The monoisotopic (exact) mass is 436 g/mol. The van der Waals surface area contributed by atoms with Crippen LogP contribution in [0, 0.1) is 20.8 Å². The standard InChI is InChI=1S/C25H28N2O3S/c1-16-7-10-21(11-8-16)29-14-6-5-13-27-22-15-20(24-18(3)31-19(4)26-24)9-12-23(22)30-17(2)25(27)28/h7-12,15,17H,5-6,13-14H2,1-4H3. The van der Waals surface area contributed by atoms with E-state index in [9.17, 15) is 4.79 Å². The number of unbranched alkanes of at least 4 members (excludes halogenated alkanes) is 1. The highest BCUT2D eigenvalue weighted by Gasteiger charge is 2.31. The Bertz CT molecular complexity index is 1070. The van der Waals surface area contributed by atoms with Crippen molar-refractivity contribution in [2.75, 3.05) is 18.1 Å². The van der Waals surface area contributed by atoms with E-state index in [-0.39, 0.29) is 5.91 Å². The molecule has 0 bridgehead atoms. The van der Waals surface area contributed by atoms with Gasteiger partial charge in [0.15, 0.2) is 6.10 Å². The van der Waals surface area contributed by atoms with Crippen LogP contribution in [-0.2, 0) is 4.79 Å². The second kappa shape index (κ2) is 9.10. The number of hydrogen-bond donors (Lipinski definition) is 0. The highest BCUT2D eigenvalue weighted by Crippen LogP contribution is 2.39. The van der Waals surface area contributed by atoms with Gasteiger partial charge in [0.25, 0.3) is 5.91 Å². The van der Waals surface area contributed by atoms with E-state index in [1.807, 2.05) is 54.3 Å². The van der Waals surface area contributed by atoms with Crippen LogP contribution in [0.4, 0.5) is 5.69 Å². The van der Waals surface area contributed by atoms with E-state index < -0.39 is 6.10 Å². The Labute approximate surface area is 187 Å². The molecule has 3 aromatic rings. The molecule has 0 fully saturated rings. The van der Waals surface area contributed by atoms with Crippen molar-refractivity contribution in [3.63, 3.8) is 0 Å². The quantitative estimate of drug-likeness (QED) is 0.445. The summed E-state index contributed by atoms with van der Waals surface area (Å²) in [7, 11) is 0. The minimum atomic E-state index is -0.481. The number of rotatable bonds is 7. The molecule has 1 aliphatic heterocycles. The Hall–Kier alpha value is -2.86. The van der Waals surface area contributed by atoms with E-state index in [0.29, 0.717) is 13.2 Å². The van der Waals surface area contributed by atoms with E-state index in [1.54, 1.807) is 18.3 Å². The molecule has 0 saturated heterocycles. The van der Waals surface area contributed by atoms with E-state index in [1.165, 1.54) is 10.4 Å². The van der Waals surface area contributed by atoms with Crippen molar-refractivity contribution in [1.82, 2.24) is 4.98 Å². The number of nitrogens with zero attached hydrogens (tertiary/aromatic N) is 2. The van der Waals surface area contributed by atoms with E-state index >= 15 is 0 Å². The van der Waals surface area contributed by atoms with Crippen LogP contribution in [0.5, 0.6) is 11.5 Å². The minimum absolute atomic E-state index is 0.00437. The molecule has 0 spiro atoms. The zero-order valence-electron chi connectivity index (χ0n) is 18.5. The maximum absolute atomic E-state index is 12.9. The number of thiazole rings is 1. The fraction of sp³-hybridized carbons (Fsp3) is 0.360. The van der Waals surface area contributed by atoms with Gasteiger partial charge in [0.2, 0.25) is 0 Å². The first-order chi connectivity index (χ1) is 14.9. The molecule has 162 valence electrons. The fourth-order valence-electron chi connectivity index (χ4n) is 3.78. The van der Waals surface area contributed by atoms with Gasteiger partial charge in [-0.3, -0.25) is 4.79 Å².